The lowest BCUT2D eigenvalue weighted by molar-refractivity contribution is 0.415. The van der Waals surface area contributed by atoms with Crippen LogP contribution < -0.4 is 4.74 Å². The zero-order valence-corrected chi connectivity index (χ0v) is 14.1. The molecule has 1 heterocycles. The Bertz CT molecular complexity index is 996. The van der Waals surface area contributed by atoms with E-state index < -0.39 is 9.84 Å². The molecule has 0 aliphatic heterocycles. The molecule has 1 aromatic heterocycles. The largest absolute Gasteiger partial charge is 0.497 e. The van der Waals surface area contributed by atoms with Crippen molar-refractivity contribution in [3.8, 4) is 5.75 Å². The molecule has 0 fully saturated rings. The molecule has 3 aromatic rings. The van der Waals surface area contributed by atoms with E-state index in [0.717, 1.165) is 16.7 Å². The van der Waals surface area contributed by atoms with Gasteiger partial charge in [0, 0.05) is 5.39 Å². The number of nitrogens with zero attached hydrogens (tertiary/aromatic N) is 1. The molecule has 0 unspecified atom stereocenters. The molecule has 0 saturated heterocycles. The van der Waals surface area contributed by atoms with E-state index in [0.29, 0.717) is 11.3 Å². The first-order valence-electron chi connectivity index (χ1n) is 7.40. The lowest BCUT2D eigenvalue weighted by Gasteiger charge is -2.09. The molecule has 3 rings (SSSR count). The summed E-state index contributed by atoms with van der Waals surface area (Å²) in [5.74, 6) is 0.591. The quantitative estimate of drug-likeness (QED) is 0.711. The summed E-state index contributed by atoms with van der Waals surface area (Å²) in [4.78, 5) is 4.80. The second-order valence-electron chi connectivity index (χ2n) is 5.43. The van der Waals surface area contributed by atoms with Crippen LogP contribution in [0.1, 0.15) is 5.69 Å². The van der Waals surface area contributed by atoms with Crippen molar-refractivity contribution in [1.29, 1.82) is 0 Å². The van der Waals surface area contributed by atoms with E-state index in [1.807, 2.05) is 24.3 Å². The Balaban J connectivity index is 1.89. The van der Waals surface area contributed by atoms with Gasteiger partial charge in [-0.2, -0.15) is 0 Å². The van der Waals surface area contributed by atoms with Crippen LogP contribution in [-0.2, 0) is 9.84 Å². The van der Waals surface area contributed by atoms with Crippen molar-refractivity contribution >= 4 is 26.3 Å². The molecule has 0 spiro atoms. The molecule has 2 aromatic carbocycles. The summed E-state index contributed by atoms with van der Waals surface area (Å²) in [6.07, 6.45) is 0. The average Bonchev–Trinajstić information content (AvgIpc) is 2.61. The SMILES string of the molecule is C=C(CS(=O)(=O)c1ccccc1)c1ccc2cc(OC)ccc2n1. The maximum atomic E-state index is 12.5. The number of fused-ring (bicyclic) bond motifs is 1. The Hall–Kier alpha value is -2.66. The number of pyridine rings is 1. The van der Waals surface area contributed by atoms with E-state index in [1.165, 1.54) is 0 Å². The highest BCUT2D eigenvalue weighted by Crippen LogP contribution is 2.23. The lowest BCUT2D eigenvalue weighted by Crippen LogP contribution is -2.08. The van der Waals surface area contributed by atoms with Crippen molar-refractivity contribution in [2.45, 2.75) is 4.90 Å². The molecule has 24 heavy (non-hydrogen) atoms. The van der Waals surface area contributed by atoms with Gasteiger partial charge in [0.1, 0.15) is 5.75 Å². The van der Waals surface area contributed by atoms with E-state index >= 15 is 0 Å². The maximum absolute atomic E-state index is 12.5. The van der Waals surface area contributed by atoms with Crippen molar-refractivity contribution in [1.82, 2.24) is 4.98 Å². The summed E-state index contributed by atoms with van der Waals surface area (Å²) in [5.41, 5.74) is 1.82. The smallest absolute Gasteiger partial charge is 0.182 e. The summed E-state index contributed by atoms with van der Waals surface area (Å²) < 4.78 is 30.1. The van der Waals surface area contributed by atoms with E-state index in [2.05, 4.69) is 11.6 Å². The highest BCUT2D eigenvalue weighted by molar-refractivity contribution is 7.91. The maximum Gasteiger partial charge on any atom is 0.182 e. The number of aromatic nitrogens is 1. The third kappa shape index (κ3) is 3.31. The first-order chi connectivity index (χ1) is 11.5. The Morgan fingerprint density at radius 3 is 2.54 bits per heavy atom. The molecule has 5 heteroatoms. The predicted molar refractivity (Wildman–Crippen MR) is 95.8 cm³/mol. The number of sulfone groups is 1. The minimum absolute atomic E-state index is 0.161. The van der Waals surface area contributed by atoms with Crippen LogP contribution in [0.25, 0.3) is 16.5 Å². The Kier molecular flexibility index (Phi) is 4.36. The van der Waals surface area contributed by atoms with Gasteiger partial charge < -0.3 is 4.74 Å². The molecule has 0 atom stereocenters. The molecule has 4 nitrogen and oxygen atoms in total. The molecule has 122 valence electrons. The van der Waals surface area contributed by atoms with Gasteiger partial charge in [0.2, 0.25) is 0 Å². The summed E-state index contributed by atoms with van der Waals surface area (Å²) in [7, 11) is -1.82. The van der Waals surface area contributed by atoms with Crippen molar-refractivity contribution in [3.05, 3.63) is 72.9 Å². The zero-order chi connectivity index (χ0) is 17.2. The van der Waals surface area contributed by atoms with Gasteiger partial charge in [-0.15, -0.1) is 0 Å². The van der Waals surface area contributed by atoms with E-state index in [4.69, 9.17) is 4.74 Å². The topological polar surface area (TPSA) is 56.3 Å². The average molecular weight is 339 g/mol. The van der Waals surface area contributed by atoms with Crippen molar-refractivity contribution < 1.29 is 13.2 Å². The highest BCUT2D eigenvalue weighted by atomic mass is 32.2. The van der Waals surface area contributed by atoms with Crippen LogP contribution in [0.4, 0.5) is 0 Å². The molecule has 0 saturated carbocycles. The number of rotatable bonds is 5. The molecule has 0 bridgehead atoms. The Morgan fingerprint density at radius 2 is 1.83 bits per heavy atom. The predicted octanol–water partition coefficient (Wildman–Crippen LogP) is 3.73. The normalized spacial score (nSPS) is 11.4. The van der Waals surface area contributed by atoms with Crippen LogP contribution in [0.5, 0.6) is 5.75 Å². The standard InChI is InChI=1S/C19H17NO3S/c1-14(13-24(21,22)17-6-4-3-5-7-17)18-10-8-15-12-16(23-2)9-11-19(15)20-18/h3-12H,1,13H2,2H3. The van der Waals surface area contributed by atoms with Gasteiger partial charge in [-0.3, -0.25) is 0 Å². The van der Waals surface area contributed by atoms with Crippen LogP contribution >= 0.6 is 0 Å². The summed E-state index contributed by atoms with van der Waals surface area (Å²) in [5, 5.41) is 0.928. The molecule has 0 N–H and O–H groups in total. The Labute approximate surface area is 141 Å². The third-order valence-corrected chi connectivity index (χ3v) is 5.44. The van der Waals surface area contributed by atoms with E-state index in [1.54, 1.807) is 43.5 Å². The molecule has 0 radical (unpaired) electrons. The minimum atomic E-state index is -3.43. The van der Waals surface area contributed by atoms with Crippen molar-refractivity contribution in [2.75, 3.05) is 12.9 Å². The van der Waals surface area contributed by atoms with Gasteiger partial charge in [-0.1, -0.05) is 30.8 Å². The lowest BCUT2D eigenvalue weighted by atomic mass is 10.1. The summed E-state index contributed by atoms with van der Waals surface area (Å²) in [6.45, 7) is 3.91. The monoisotopic (exact) mass is 339 g/mol. The summed E-state index contributed by atoms with van der Waals surface area (Å²) >= 11 is 0. The molecule has 0 aliphatic carbocycles. The third-order valence-electron chi connectivity index (χ3n) is 3.73. The number of hydrogen-bond donors (Lipinski definition) is 0. The van der Waals surface area contributed by atoms with Gasteiger partial charge >= 0.3 is 0 Å². The van der Waals surface area contributed by atoms with Gasteiger partial charge in [-0.25, -0.2) is 13.4 Å². The first kappa shape index (κ1) is 16.2. The van der Waals surface area contributed by atoms with Crippen molar-refractivity contribution in [2.24, 2.45) is 0 Å². The van der Waals surface area contributed by atoms with Crippen LogP contribution in [-0.4, -0.2) is 26.3 Å². The fourth-order valence-corrected chi connectivity index (χ4v) is 3.79. The number of methoxy groups -OCH3 is 1. The molecule has 0 amide bonds. The fourth-order valence-electron chi connectivity index (χ4n) is 2.44. The second kappa shape index (κ2) is 6.45. The highest BCUT2D eigenvalue weighted by Gasteiger charge is 2.17. The summed E-state index contributed by atoms with van der Waals surface area (Å²) in [6, 6.07) is 17.6. The van der Waals surface area contributed by atoms with Gasteiger partial charge in [0.15, 0.2) is 9.84 Å². The fraction of sp³-hybridized carbons (Fsp3) is 0.105. The number of ether oxygens (including phenoxy) is 1. The second-order valence-corrected chi connectivity index (χ2v) is 7.42. The van der Waals surface area contributed by atoms with Crippen molar-refractivity contribution in [3.63, 3.8) is 0 Å². The van der Waals surface area contributed by atoms with Gasteiger partial charge in [0.25, 0.3) is 0 Å². The number of hydrogen-bond acceptors (Lipinski definition) is 4. The van der Waals surface area contributed by atoms with Crippen LogP contribution in [0.3, 0.4) is 0 Å². The number of benzene rings is 2. The van der Waals surface area contributed by atoms with Crippen LogP contribution in [0.2, 0.25) is 0 Å². The Morgan fingerprint density at radius 1 is 1.08 bits per heavy atom. The molecular formula is C19H17NO3S. The van der Waals surface area contributed by atoms with Gasteiger partial charge in [-0.05, 0) is 42.0 Å². The van der Waals surface area contributed by atoms with E-state index in [9.17, 15) is 8.42 Å². The zero-order valence-electron chi connectivity index (χ0n) is 13.3. The van der Waals surface area contributed by atoms with Gasteiger partial charge in [0.05, 0.1) is 29.0 Å². The van der Waals surface area contributed by atoms with Crippen LogP contribution in [0, 0.1) is 0 Å². The van der Waals surface area contributed by atoms with E-state index in [-0.39, 0.29) is 10.6 Å². The minimum Gasteiger partial charge on any atom is -0.497 e. The van der Waals surface area contributed by atoms with Crippen LogP contribution in [0.15, 0.2) is 72.1 Å². The molecule has 0 aliphatic rings. The molecular weight excluding hydrogens is 322 g/mol. The first-order valence-corrected chi connectivity index (χ1v) is 9.05.